The van der Waals surface area contributed by atoms with Crippen LogP contribution in [0.3, 0.4) is 0 Å². The van der Waals surface area contributed by atoms with Crippen LogP contribution in [-0.4, -0.2) is 51.9 Å². The van der Waals surface area contributed by atoms with Gasteiger partial charge in [-0.05, 0) is 53.8 Å². The van der Waals surface area contributed by atoms with E-state index in [0.717, 1.165) is 22.3 Å². The molecule has 0 unspecified atom stereocenters. The Labute approximate surface area is 224 Å². The monoisotopic (exact) mass is 537 g/mol. The minimum absolute atomic E-state index is 0.0401. The van der Waals surface area contributed by atoms with Gasteiger partial charge in [0.1, 0.15) is 6.04 Å². The number of aromatic nitrogens is 1. The van der Waals surface area contributed by atoms with Crippen molar-refractivity contribution in [2.45, 2.75) is 25.8 Å². The molecule has 1 aromatic heterocycles. The maximum absolute atomic E-state index is 12.8. The molecule has 7 nitrogen and oxygen atoms in total. The first-order valence-electron chi connectivity index (χ1n) is 11.7. The van der Waals surface area contributed by atoms with Crippen molar-refractivity contribution in [1.29, 1.82) is 0 Å². The molecule has 0 saturated heterocycles. The highest BCUT2D eigenvalue weighted by Crippen LogP contribution is 2.25. The van der Waals surface area contributed by atoms with E-state index in [1.54, 1.807) is 23.4 Å². The number of benzene rings is 2. The maximum Gasteiger partial charge on any atom is 0.326 e. The number of halogens is 2. The predicted octanol–water partition coefficient (Wildman–Crippen LogP) is 5.05. The number of carboxylic acids is 1. The lowest BCUT2D eigenvalue weighted by Crippen LogP contribution is -2.42. The van der Waals surface area contributed by atoms with Crippen LogP contribution >= 0.6 is 23.2 Å². The summed E-state index contributed by atoms with van der Waals surface area (Å²) >= 11 is 12.2. The van der Waals surface area contributed by atoms with Gasteiger partial charge < -0.3 is 15.3 Å². The zero-order valence-corrected chi connectivity index (χ0v) is 21.6. The number of carboxylic acid groups (broad SMARTS) is 1. The van der Waals surface area contributed by atoms with Crippen molar-refractivity contribution >= 4 is 46.6 Å². The summed E-state index contributed by atoms with van der Waals surface area (Å²) in [5, 5.41) is 12.5. The van der Waals surface area contributed by atoms with E-state index in [9.17, 15) is 19.5 Å². The fraction of sp³-hybridized carbons (Fsp3) is 0.214. The third-order valence-corrected chi connectivity index (χ3v) is 6.81. The summed E-state index contributed by atoms with van der Waals surface area (Å²) in [5.74, 6) is -1.85. The third-order valence-electron chi connectivity index (χ3n) is 6.18. The predicted molar refractivity (Wildman–Crippen MR) is 143 cm³/mol. The molecule has 2 aromatic carbocycles. The normalized spacial score (nSPS) is 14.0. The van der Waals surface area contributed by atoms with Gasteiger partial charge >= 0.3 is 5.97 Å². The Morgan fingerprint density at radius 3 is 2.38 bits per heavy atom. The molecule has 190 valence electrons. The highest BCUT2D eigenvalue weighted by atomic mass is 35.5. The van der Waals surface area contributed by atoms with Crippen molar-refractivity contribution < 1.29 is 19.5 Å². The molecule has 1 aliphatic rings. The van der Waals surface area contributed by atoms with Crippen molar-refractivity contribution in [3.63, 3.8) is 0 Å². The van der Waals surface area contributed by atoms with E-state index in [4.69, 9.17) is 23.2 Å². The quantitative estimate of drug-likeness (QED) is 0.439. The van der Waals surface area contributed by atoms with E-state index in [0.29, 0.717) is 25.1 Å². The van der Waals surface area contributed by atoms with Crippen LogP contribution in [0.4, 0.5) is 0 Å². The molecule has 37 heavy (non-hydrogen) atoms. The fourth-order valence-corrected chi connectivity index (χ4v) is 4.78. The Morgan fingerprint density at radius 1 is 1.08 bits per heavy atom. The molecule has 0 fully saturated rings. The number of carbonyl (C=O) groups is 3. The lowest BCUT2D eigenvalue weighted by Gasteiger charge is -2.27. The minimum atomic E-state index is -1.16. The van der Waals surface area contributed by atoms with Crippen LogP contribution < -0.4 is 5.32 Å². The number of aryl methyl sites for hydroxylation is 1. The van der Waals surface area contributed by atoms with Gasteiger partial charge in [-0.3, -0.25) is 14.6 Å². The van der Waals surface area contributed by atoms with Crippen LogP contribution in [0.15, 0.2) is 67.0 Å². The molecule has 0 saturated carbocycles. The van der Waals surface area contributed by atoms with E-state index in [-0.39, 0.29) is 27.9 Å². The number of pyridine rings is 1. The molecule has 9 heteroatoms. The zero-order valence-electron chi connectivity index (χ0n) is 20.1. The Hall–Kier alpha value is -3.68. The van der Waals surface area contributed by atoms with Gasteiger partial charge in [0.25, 0.3) is 11.8 Å². The molecular weight excluding hydrogens is 513 g/mol. The van der Waals surface area contributed by atoms with Crippen molar-refractivity contribution in [2.24, 2.45) is 0 Å². The molecule has 4 rings (SSSR count). The molecule has 2 heterocycles. The first-order valence-corrected chi connectivity index (χ1v) is 12.5. The van der Waals surface area contributed by atoms with Gasteiger partial charge in [0.2, 0.25) is 0 Å². The Kier molecular flexibility index (Phi) is 8.26. The number of carbonyl (C=O) groups excluding carboxylic acids is 2. The van der Waals surface area contributed by atoms with E-state index in [1.807, 2.05) is 43.3 Å². The van der Waals surface area contributed by atoms with Gasteiger partial charge in [-0.25, -0.2) is 4.79 Å². The lowest BCUT2D eigenvalue weighted by molar-refractivity contribution is -0.139. The maximum atomic E-state index is 12.8. The Bertz CT molecular complexity index is 1350. The van der Waals surface area contributed by atoms with Crippen LogP contribution in [0, 0.1) is 6.92 Å². The molecule has 2 N–H and O–H groups in total. The number of rotatable bonds is 7. The summed E-state index contributed by atoms with van der Waals surface area (Å²) in [6.07, 6.45) is 6.14. The second-order valence-corrected chi connectivity index (χ2v) is 9.66. The Morgan fingerprint density at radius 2 is 1.78 bits per heavy atom. The summed E-state index contributed by atoms with van der Waals surface area (Å²) in [6, 6.07) is 12.9. The van der Waals surface area contributed by atoms with E-state index in [2.05, 4.69) is 10.3 Å². The SMILES string of the molecule is Cc1cncc(C(=O)N2CC=C(c3ccc(C[C@H](NC(=O)c4c(Cl)cccc4Cl)C(=O)O)cc3)CC2)c1. The van der Waals surface area contributed by atoms with Crippen LogP contribution in [0.25, 0.3) is 5.57 Å². The van der Waals surface area contributed by atoms with Gasteiger partial charge in [-0.2, -0.15) is 0 Å². The smallest absolute Gasteiger partial charge is 0.326 e. The molecule has 0 radical (unpaired) electrons. The van der Waals surface area contributed by atoms with Gasteiger partial charge in [0.15, 0.2) is 0 Å². The van der Waals surface area contributed by atoms with Gasteiger partial charge in [0.05, 0.1) is 21.2 Å². The van der Waals surface area contributed by atoms with Crippen LogP contribution in [0.1, 0.15) is 43.8 Å². The molecular formula is C28H25Cl2N3O4. The number of nitrogens with zero attached hydrogens (tertiary/aromatic N) is 2. The Balaban J connectivity index is 1.40. The van der Waals surface area contributed by atoms with Crippen molar-refractivity contribution in [3.8, 4) is 0 Å². The second kappa shape index (κ2) is 11.6. The van der Waals surface area contributed by atoms with Gasteiger partial charge in [0, 0.05) is 31.9 Å². The number of hydrogen-bond acceptors (Lipinski definition) is 4. The highest BCUT2D eigenvalue weighted by Gasteiger charge is 2.24. The van der Waals surface area contributed by atoms with Crippen molar-refractivity contribution in [1.82, 2.24) is 15.2 Å². The zero-order chi connectivity index (χ0) is 26.5. The molecule has 1 aliphatic heterocycles. The summed E-state index contributed by atoms with van der Waals surface area (Å²) in [7, 11) is 0. The average molecular weight is 538 g/mol. The average Bonchev–Trinajstić information content (AvgIpc) is 2.88. The molecule has 2 amide bonds. The third kappa shape index (κ3) is 6.37. The fourth-order valence-electron chi connectivity index (χ4n) is 4.21. The van der Waals surface area contributed by atoms with Crippen LogP contribution in [-0.2, 0) is 11.2 Å². The first-order chi connectivity index (χ1) is 17.7. The van der Waals surface area contributed by atoms with Crippen LogP contribution in [0.2, 0.25) is 10.0 Å². The second-order valence-electron chi connectivity index (χ2n) is 8.84. The number of hydrogen-bond donors (Lipinski definition) is 2. The largest absolute Gasteiger partial charge is 0.480 e. The lowest BCUT2D eigenvalue weighted by atomic mass is 9.96. The minimum Gasteiger partial charge on any atom is -0.480 e. The molecule has 3 aromatic rings. The number of nitrogens with one attached hydrogen (secondary N) is 1. The van der Waals surface area contributed by atoms with Crippen LogP contribution in [0.5, 0.6) is 0 Å². The van der Waals surface area contributed by atoms with Gasteiger partial charge in [-0.1, -0.05) is 59.6 Å². The van der Waals surface area contributed by atoms with Crippen molar-refractivity contribution in [2.75, 3.05) is 13.1 Å². The summed E-state index contributed by atoms with van der Waals surface area (Å²) in [4.78, 5) is 43.2. The number of aliphatic carboxylic acids is 1. The molecule has 0 bridgehead atoms. The van der Waals surface area contributed by atoms with E-state index < -0.39 is 17.9 Å². The molecule has 0 aliphatic carbocycles. The van der Waals surface area contributed by atoms with E-state index >= 15 is 0 Å². The summed E-state index contributed by atoms with van der Waals surface area (Å²) in [6.45, 7) is 3.00. The number of amides is 2. The highest BCUT2D eigenvalue weighted by molar-refractivity contribution is 6.39. The molecule has 1 atom stereocenters. The standard InChI is InChI=1S/C28H25Cl2N3O4/c1-17-13-21(16-31-15-17)27(35)33-11-9-20(10-12-33)19-7-5-18(6-8-19)14-24(28(36)37)32-26(34)25-22(29)3-2-4-23(25)30/h2-9,13,15-16,24H,10-12,14H2,1H3,(H,32,34)(H,36,37)/t24-/m0/s1. The first kappa shape index (κ1) is 26.4. The summed E-state index contributed by atoms with van der Waals surface area (Å²) < 4.78 is 0. The van der Waals surface area contributed by atoms with Gasteiger partial charge in [-0.15, -0.1) is 0 Å². The summed E-state index contributed by atoms with van der Waals surface area (Å²) in [5.41, 5.74) is 4.44. The topological polar surface area (TPSA) is 99.6 Å². The van der Waals surface area contributed by atoms with E-state index in [1.165, 1.54) is 12.1 Å². The molecule has 0 spiro atoms. The van der Waals surface area contributed by atoms with Crippen molar-refractivity contribution in [3.05, 3.63) is 105 Å².